The van der Waals surface area contributed by atoms with Gasteiger partial charge >= 0.3 is 6.09 Å². The topological polar surface area (TPSA) is 77.7 Å². The third kappa shape index (κ3) is 2.94. The van der Waals surface area contributed by atoms with Gasteiger partial charge in [-0.3, -0.25) is 0 Å². The summed E-state index contributed by atoms with van der Waals surface area (Å²) in [5.41, 5.74) is 1.77. The third-order valence-electron chi connectivity index (χ3n) is 7.81. The van der Waals surface area contributed by atoms with Gasteiger partial charge in [0.15, 0.2) is 11.6 Å². The zero-order valence-corrected chi connectivity index (χ0v) is 21.4. The van der Waals surface area contributed by atoms with Crippen molar-refractivity contribution in [3.63, 3.8) is 0 Å². The van der Waals surface area contributed by atoms with Gasteiger partial charge < -0.3 is 24.4 Å². The SMILES string of the molecule is CCc1nc2c(N3CC(N(C)C)C3)nc3c(F)c(Br)c(Cl)cc3c2n1C1C2CC1N(C(=O)O)C2. The van der Waals surface area contributed by atoms with E-state index in [9.17, 15) is 9.90 Å². The maximum absolute atomic E-state index is 15.5. The van der Waals surface area contributed by atoms with Gasteiger partial charge in [0.05, 0.1) is 27.1 Å². The van der Waals surface area contributed by atoms with Crippen LogP contribution < -0.4 is 4.90 Å². The molecule has 3 unspecified atom stereocenters. The van der Waals surface area contributed by atoms with Gasteiger partial charge in [-0.2, -0.15) is 0 Å². The molecule has 7 rings (SSSR count). The van der Waals surface area contributed by atoms with Gasteiger partial charge in [0, 0.05) is 43.4 Å². The van der Waals surface area contributed by atoms with E-state index in [-0.39, 0.29) is 33.0 Å². The fourth-order valence-electron chi connectivity index (χ4n) is 5.86. The van der Waals surface area contributed by atoms with Crippen LogP contribution in [-0.2, 0) is 6.42 Å². The second-order valence-corrected chi connectivity index (χ2v) is 11.0. The molecular formula is C23H25BrClFN6O2. The lowest BCUT2D eigenvalue weighted by atomic mass is 9.79. The Morgan fingerprint density at radius 3 is 2.65 bits per heavy atom. The van der Waals surface area contributed by atoms with E-state index >= 15 is 4.39 Å². The minimum absolute atomic E-state index is 0.0223. The molecule has 3 saturated heterocycles. The minimum Gasteiger partial charge on any atom is -0.465 e. The van der Waals surface area contributed by atoms with E-state index in [1.807, 2.05) is 6.92 Å². The number of aromatic nitrogens is 3. The molecule has 1 N–H and O–H groups in total. The number of pyridine rings is 1. The lowest BCUT2D eigenvalue weighted by Gasteiger charge is -2.43. The molecule has 4 aliphatic rings. The highest BCUT2D eigenvalue weighted by atomic mass is 79.9. The molecule has 0 spiro atoms. The van der Waals surface area contributed by atoms with E-state index in [2.05, 4.69) is 44.4 Å². The average Bonchev–Trinajstić information content (AvgIpc) is 3.44. The van der Waals surface area contributed by atoms with Gasteiger partial charge in [0.2, 0.25) is 0 Å². The van der Waals surface area contributed by atoms with Crippen LogP contribution in [-0.4, -0.2) is 81.3 Å². The molecule has 11 heteroatoms. The van der Waals surface area contributed by atoms with Crippen molar-refractivity contribution in [1.29, 1.82) is 0 Å². The Morgan fingerprint density at radius 1 is 1.29 bits per heavy atom. The number of imidazole rings is 1. The quantitative estimate of drug-likeness (QED) is 0.485. The number of carbonyl (C=O) groups is 1. The summed E-state index contributed by atoms with van der Waals surface area (Å²) in [5, 5.41) is 10.6. The third-order valence-corrected chi connectivity index (χ3v) is 9.11. The Hall–Kier alpha value is -2.17. The van der Waals surface area contributed by atoms with Gasteiger partial charge in [0.25, 0.3) is 0 Å². The van der Waals surface area contributed by atoms with Crippen LogP contribution in [0.1, 0.15) is 25.2 Å². The van der Waals surface area contributed by atoms with Crippen LogP contribution in [0.25, 0.3) is 21.9 Å². The predicted octanol–water partition coefficient (Wildman–Crippen LogP) is 4.38. The van der Waals surface area contributed by atoms with Crippen molar-refractivity contribution >= 4 is 61.4 Å². The fraction of sp³-hybridized carbons (Fsp3) is 0.522. The molecule has 1 amide bonds. The first-order valence-corrected chi connectivity index (χ1v) is 12.7. The number of rotatable bonds is 4. The van der Waals surface area contributed by atoms with E-state index < -0.39 is 11.9 Å². The van der Waals surface area contributed by atoms with Crippen LogP contribution in [0.5, 0.6) is 0 Å². The van der Waals surface area contributed by atoms with Gasteiger partial charge in [-0.15, -0.1) is 0 Å². The summed E-state index contributed by atoms with van der Waals surface area (Å²) in [4.78, 5) is 27.4. The Kier molecular flexibility index (Phi) is 5.03. The van der Waals surface area contributed by atoms with Crippen molar-refractivity contribution in [2.75, 3.05) is 38.6 Å². The Bertz CT molecular complexity index is 1360. The summed E-state index contributed by atoms with van der Waals surface area (Å²) in [6, 6.07) is 2.02. The summed E-state index contributed by atoms with van der Waals surface area (Å²) in [5.74, 6) is 1.25. The zero-order chi connectivity index (χ0) is 24.0. The molecule has 4 fully saturated rings. The van der Waals surface area contributed by atoms with Crippen molar-refractivity contribution in [2.24, 2.45) is 5.92 Å². The van der Waals surface area contributed by atoms with Gasteiger partial charge in [-0.25, -0.2) is 19.2 Å². The van der Waals surface area contributed by atoms with Crippen molar-refractivity contribution in [3.8, 4) is 0 Å². The zero-order valence-electron chi connectivity index (χ0n) is 19.1. The standard InChI is InChI=1S/C23H25BrClFN6O2/c1-4-15-27-19-21(32(15)20-10-5-14(20)31(7-10)23(33)34)12-6-13(25)16(24)17(26)18(12)28-22(19)30-8-11(9-30)29(2)3/h6,10-11,14,20H,4-5,7-9H2,1-3H3,(H,33,34). The number of hydrogen-bond donors (Lipinski definition) is 1. The van der Waals surface area contributed by atoms with E-state index in [4.69, 9.17) is 21.6 Å². The predicted molar refractivity (Wildman–Crippen MR) is 132 cm³/mol. The number of nitrogens with zero attached hydrogens (tertiary/aromatic N) is 6. The molecule has 0 radical (unpaired) electrons. The molecule has 1 aromatic carbocycles. The van der Waals surface area contributed by atoms with E-state index in [0.29, 0.717) is 30.2 Å². The van der Waals surface area contributed by atoms with Crippen molar-refractivity contribution in [1.82, 2.24) is 24.3 Å². The molecule has 2 aromatic heterocycles. The number of aryl methyl sites for hydroxylation is 1. The number of fused-ring (bicyclic) bond motifs is 4. The van der Waals surface area contributed by atoms with Crippen LogP contribution in [0.2, 0.25) is 5.02 Å². The molecule has 180 valence electrons. The average molecular weight is 552 g/mol. The summed E-state index contributed by atoms with van der Waals surface area (Å²) in [6.07, 6.45) is 0.622. The smallest absolute Gasteiger partial charge is 0.407 e. The first-order chi connectivity index (χ1) is 16.2. The molecule has 3 aromatic rings. The first-order valence-electron chi connectivity index (χ1n) is 11.5. The second kappa shape index (κ2) is 7.66. The molecule has 34 heavy (non-hydrogen) atoms. The second-order valence-electron chi connectivity index (χ2n) is 9.78. The molecule has 1 saturated carbocycles. The molecule has 2 bridgehead atoms. The van der Waals surface area contributed by atoms with Crippen LogP contribution in [0, 0.1) is 11.7 Å². The summed E-state index contributed by atoms with van der Waals surface area (Å²) in [7, 11) is 4.10. The minimum atomic E-state index is -0.891. The number of benzene rings is 1. The number of likely N-dealkylation sites (N-methyl/N-ethyl adjacent to an activating group) is 1. The van der Waals surface area contributed by atoms with Crippen LogP contribution in [0.4, 0.5) is 15.0 Å². The van der Waals surface area contributed by atoms with E-state index in [1.54, 1.807) is 6.07 Å². The van der Waals surface area contributed by atoms with Crippen molar-refractivity contribution in [2.45, 2.75) is 37.9 Å². The molecule has 8 nitrogen and oxygen atoms in total. The molecule has 3 atom stereocenters. The largest absolute Gasteiger partial charge is 0.465 e. The van der Waals surface area contributed by atoms with Crippen LogP contribution >= 0.6 is 27.5 Å². The van der Waals surface area contributed by atoms with Crippen molar-refractivity contribution < 1.29 is 14.3 Å². The van der Waals surface area contributed by atoms with Crippen molar-refractivity contribution in [3.05, 3.63) is 27.2 Å². The van der Waals surface area contributed by atoms with Crippen LogP contribution in [0.3, 0.4) is 0 Å². The van der Waals surface area contributed by atoms with Gasteiger partial charge in [-0.1, -0.05) is 18.5 Å². The number of hydrogen-bond acceptors (Lipinski definition) is 5. The van der Waals surface area contributed by atoms with Gasteiger partial charge in [-0.05, 0) is 42.5 Å². The number of amides is 1. The lowest BCUT2D eigenvalue weighted by molar-refractivity contribution is 0.124. The molecule has 5 heterocycles. The Morgan fingerprint density at radius 2 is 2.03 bits per heavy atom. The highest BCUT2D eigenvalue weighted by Gasteiger charge is 2.55. The maximum Gasteiger partial charge on any atom is 0.407 e. The number of anilines is 1. The normalized spacial score (nSPS) is 24.4. The summed E-state index contributed by atoms with van der Waals surface area (Å²) < 4.78 is 17.8. The van der Waals surface area contributed by atoms with E-state index in [1.165, 1.54) is 4.90 Å². The fourth-order valence-corrected chi connectivity index (χ4v) is 6.36. The highest BCUT2D eigenvalue weighted by Crippen LogP contribution is 2.52. The Labute approximate surface area is 209 Å². The molecular weight excluding hydrogens is 527 g/mol. The maximum atomic E-state index is 15.5. The molecule has 1 aliphatic carbocycles. The molecule has 3 aliphatic heterocycles. The summed E-state index contributed by atoms with van der Waals surface area (Å²) >= 11 is 9.66. The first kappa shape index (κ1) is 22.3. The number of carboxylic acid groups (broad SMARTS) is 1. The van der Waals surface area contributed by atoms with Gasteiger partial charge in [0.1, 0.15) is 16.9 Å². The van der Waals surface area contributed by atoms with E-state index in [0.717, 1.165) is 36.4 Å². The summed E-state index contributed by atoms with van der Waals surface area (Å²) in [6.45, 7) is 4.12. The number of halogens is 3. The lowest BCUT2D eigenvalue weighted by Crippen LogP contribution is -2.57. The monoisotopic (exact) mass is 550 g/mol. The highest BCUT2D eigenvalue weighted by molar-refractivity contribution is 9.10. The Balaban J connectivity index is 1.61. The van der Waals surface area contributed by atoms with Crippen LogP contribution in [0.15, 0.2) is 10.5 Å².